The van der Waals surface area contributed by atoms with Crippen molar-refractivity contribution in [2.45, 2.75) is 24.9 Å². The summed E-state index contributed by atoms with van der Waals surface area (Å²) in [5, 5.41) is 4.92. The fourth-order valence-corrected chi connectivity index (χ4v) is 2.72. The van der Waals surface area contributed by atoms with Crippen molar-refractivity contribution < 1.29 is 33.4 Å². The van der Waals surface area contributed by atoms with Crippen molar-refractivity contribution in [1.82, 2.24) is 10.6 Å². The van der Waals surface area contributed by atoms with E-state index < -0.39 is 53.6 Å². The predicted octanol–water partition coefficient (Wildman–Crippen LogP) is -2.38. The minimum absolute atomic E-state index is 0.0486. The molecule has 3 rings (SSSR count). The fraction of sp³-hybridized carbons (Fsp3) is 0.583. The van der Waals surface area contributed by atoms with Gasteiger partial charge in [-0.2, -0.15) is 0 Å². The van der Waals surface area contributed by atoms with Gasteiger partial charge in [-0.3, -0.25) is 24.0 Å². The molecule has 0 aliphatic carbocycles. The van der Waals surface area contributed by atoms with Crippen LogP contribution in [0.5, 0.6) is 0 Å². The van der Waals surface area contributed by atoms with E-state index in [4.69, 9.17) is 4.74 Å². The lowest BCUT2D eigenvalue weighted by atomic mass is 9.90. The van der Waals surface area contributed by atoms with Gasteiger partial charge < -0.3 is 20.1 Å². The molecule has 0 bridgehead atoms. The number of amides is 2. The second-order valence-electron chi connectivity index (χ2n) is 5.22. The van der Waals surface area contributed by atoms with Crippen molar-refractivity contribution in [3.05, 3.63) is 0 Å². The summed E-state index contributed by atoms with van der Waals surface area (Å²) in [6.07, 6.45) is -0.195. The molecule has 112 valence electrons. The van der Waals surface area contributed by atoms with E-state index in [1.54, 1.807) is 0 Å². The number of carbonyl (C=O) groups excluding carboxylic acids is 5. The molecule has 3 heterocycles. The summed E-state index contributed by atoms with van der Waals surface area (Å²) in [5.41, 5.74) is 0. The molecule has 3 aliphatic heterocycles. The molecular weight excluding hydrogens is 284 g/mol. The summed E-state index contributed by atoms with van der Waals surface area (Å²) in [5.74, 6) is -4.48. The smallest absolute Gasteiger partial charge is 0.319 e. The molecule has 0 aromatic carbocycles. The lowest BCUT2D eigenvalue weighted by molar-refractivity contribution is -0.154. The Morgan fingerprint density at radius 1 is 0.857 bits per heavy atom. The van der Waals surface area contributed by atoms with Gasteiger partial charge in [0.25, 0.3) is 0 Å². The van der Waals surface area contributed by atoms with E-state index in [9.17, 15) is 24.0 Å². The zero-order valence-electron chi connectivity index (χ0n) is 10.8. The summed E-state index contributed by atoms with van der Waals surface area (Å²) in [6, 6.07) is -2.01. The van der Waals surface area contributed by atoms with Crippen molar-refractivity contribution in [3.8, 4) is 0 Å². The van der Waals surface area contributed by atoms with Crippen LogP contribution in [0.3, 0.4) is 0 Å². The molecule has 0 radical (unpaired) electrons. The molecule has 21 heavy (non-hydrogen) atoms. The molecule has 0 aromatic heterocycles. The first-order valence-electron chi connectivity index (χ1n) is 6.46. The van der Waals surface area contributed by atoms with Crippen LogP contribution in [-0.2, 0) is 33.4 Å². The molecule has 3 fully saturated rings. The second-order valence-corrected chi connectivity index (χ2v) is 5.22. The zero-order chi connectivity index (χ0) is 15.1. The molecule has 3 saturated heterocycles. The average molecular weight is 296 g/mol. The van der Waals surface area contributed by atoms with Crippen molar-refractivity contribution in [1.29, 1.82) is 0 Å². The van der Waals surface area contributed by atoms with Gasteiger partial charge in [-0.25, -0.2) is 0 Å². The molecule has 3 aliphatic rings. The minimum atomic E-state index is -1.13. The van der Waals surface area contributed by atoms with Crippen LogP contribution in [0.4, 0.5) is 0 Å². The Kier molecular flexibility index (Phi) is 3.11. The van der Waals surface area contributed by atoms with Crippen LogP contribution < -0.4 is 10.6 Å². The highest BCUT2D eigenvalue weighted by Crippen LogP contribution is 2.25. The van der Waals surface area contributed by atoms with Crippen LogP contribution >= 0.6 is 0 Å². The van der Waals surface area contributed by atoms with Gasteiger partial charge in [-0.15, -0.1) is 0 Å². The molecule has 0 spiro atoms. The number of carbonyl (C=O) groups is 5. The van der Waals surface area contributed by atoms with E-state index in [0.717, 1.165) is 0 Å². The quantitative estimate of drug-likeness (QED) is 0.430. The maximum atomic E-state index is 12.1. The van der Waals surface area contributed by atoms with Crippen molar-refractivity contribution in [3.63, 3.8) is 0 Å². The van der Waals surface area contributed by atoms with Crippen LogP contribution in [-0.4, -0.2) is 48.4 Å². The van der Waals surface area contributed by atoms with E-state index in [1.807, 2.05) is 0 Å². The molecule has 3 unspecified atom stereocenters. The van der Waals surface area contributed by atoms with Gasteiger partial charge >= 0.3 is 17.9 Å². The SMILES string of the molecule is O=C1C[C@@H](C2NC(=O)C(C3CC(=O)OC3=O)NC2=O)CO1. The Balaban J connectivity index is 1.71. The lowest BCUT2D eigenvalue weighted by Crippen LogP contribution is -2.66. The Morgan fingerprint density at radius 3 is 2.10 bits per heavy atom. The summed E-state index contributed by atoms with van der Waals surface area (Å²) in [6.45, 7) is 0.0613. The van der Waals surface area contributed by atoms with Crippen LogP contribution in [0.1, 0.15) is 12.8 Å². The van der Waals surface area contributed by atoms with Crippen LogP contribution in [0.25, 0.3) is 0 Å². The molecular formula is C12H12N2O7. The highest BCUT2D eigenvalue weighted by Gasteiger charge is 2.49. The number of nitrogens with one attached hydrogen (secondary N) is 2. The average Bonchev–Trinajstić information content (AvgIpc) is 2.98. The first-order valence-corrected chi connectivity index (χ1v) is 6.46. The first-order chi connectivity index (χ1) is 9.95. The van der Waals surface area contributed by atoms with Crippen LogP contribution in [0.2, 0.25) is 0 Å². The van der Waals surface area contributed by atoms with Gasteiger partial charge in [-0.1, -0.05) is 0 Å². The number of ether oxygens (including phenoxy) is 2. The molecule has 9 nitrogen and oxygen atoms in total. The number of rotatable bonds is 2. The van der Waals surface area contributed by atoms with Gasteiger partial charge in [0.15, 0.2) is 0 Å². The molecule has 4 atom stereocenters. The summed E-state index contributed by atoms with van der Waals surface area (Å²) < 4.78 is 9.15. The number of cyclic esters (lactones) is 3. The van der Waals surface area contributed by atoms with E-state index in [-0.39, 0.29) is 19.4 Å². The van der Waals surface area contributed by atoms with Gasteiger partial charge in [0, 0.05) is 5.92 Å². The van der Waals surface area contributed by atoms with Gasteiger partial charge in [0.2, 0.25) is 11.8 Å². The first kappa shape index (κ1) is 13.5. The van der Waals surface area contributed by atoms with Gasteiger partial charge in [0.05, 0.1) is 25.4 Å². The predicted molar refractivity (Wildman–Crippen MR) is 62.1 cm³/mol. The van der Waals surface area contributed by atoms with Crippen molar-refractivity contribution in [2.24, 2.45) is 11.8 Å². The Hall–Kier alpha value is -2.45. The third-order valence-corrected chi connectivity index (χ3v) is 3.83. The highest BCUT2D eigenvalue weighted by atomic mass is 16.6. The third kappa shape index (κ3) is 2.34. The van der Waals surface area contributed by atoms with Crippen LogP contribution in [0.15, 0.2) is 0 Å². The third-order valence-electron chi connectivity index (χ3n) is 3.83. The Morgan fingerprint density at radius 2 is 1.52 bits per heavy atom. The zero-order valence-corrected chi connectivity index (χ0v) is 10.8. The maximum absolute atomic E-state index is 12.1. The number of piperazine rings is 1. The molecule has 2 amide bonds. The maximum Gasteiger partial charge on any atom is 0.319 e. The summed E-state index contributed by atoms with van der Waals surface area (Å²) >= 11 is 0. The monoisotopic (exact) mass is 296 g/mol. The normalized spacial score (nSPS) is 36.1. The molecule has 0 saturated carbocycles. The standard InChI is InChI=1S/C12H12N2O7/c15-6-1-4(3-20-6)8-10(17)14-9(11(18)13-8)5-2-7(16)21-12(5)19/h4-5,8-9H,1-3H2,(H,13,18)(H,14,17)/t4-,5?,8?,9?/m1/s1. The van der Waals surface area contributed by atoms with Crippen molar-refractivity contribution >= 4 is 29.7 Å². The topological polar surface area (TPSA) is 128 Å². The number of hydrogen-bond acceptors (Lipinski definition) is 7. The van der Waals surface area contributed by atoms with E-state index in [0.29, 0.717) is 0 Å². The summed E-state index contributed by atoms with van der Waals surface area (Å²) in [4.78, 5) is 57.7. The number of hydrogen-bond donors (Lipinski definition) is 2. The van der Waals surface area contributed by atoms with Gasteiger partial charge in [-0.05, 0) is 0 Å². The molecule has 9 heteroatoms. The van der Waals surface area contributed by atoms with Gasteiger partial charge in [0.1, 0.15) is 12.1 Å². The van der Waals surface area contributed by atoms with Crippen LogP contribution in [0, 0.1) is 11.8 Å². The van der Waals surface area contributed by atoms with Crippen molar-refractivity contribution in [2.75, 3.05) is 6.61 Å². The lowest BCUT2D eigenvalue weighted by Gasteiger charge is -2.33. The Labute approximate surface area is 118 Å². The van der Waals surface area contributed by atoms with E-state index in [1.165, 1.54) is 0 Å². The summed E-state index contributed by atoms with van der Waals surface area (Å²) in [7, 11) is 0. The highest BCUT2D eigenvalue weighted by molar-refractivity contribution is 6.03. The van der Waals surface area contributed by atoms with E-state index in [2.05, 4.69) is 15.4 Å². The molecule has 0 aromatic rings. The Bertz CT molecular complexity index is 558. The minimum Gasteiger partial charge on any atom is -0.465 e. The second kappa shape index (κ2) is 4.83. The largest absolute Gasteiger partial charge is 0.465 e. The van der Waals surface area contributed by atoms with E-state index >= 15 is 0 Å². The fourth-order valence-electron chi connectivity index (χ4n) is 2.72. The molecule has 2 N–H and O–H groups in total. The number of esters is 3.